The van der Waals surface area contributed by atoms with Crippen molar-refractivity contribution in [2.24, 2.45) is 0 Å². The minimum atomic E-state index is 0.249. The highest BCUT2D eigenvalue weighted by Crippen LogP contribution is 2.27. The number of aromatic nitrogens is 2. The third kappa shape index (κ3) is 3.43. The van der Waals surface area contributed by atoms with Gasteiger partial charge in [0.25, 0.3) is 10.7 Å². The molecular formula is C12H13BrN2O2S. The monoisotopic (exact) mass is 328 g/mol. The van der Waals surface area contributed by atoms with E-state index in [9.17, 15) is 0 Å². The molecule has 0 saturated carbocycles. The Labute approximate surface area is 118 Å². The SMILES string of the molecule is CCCc1ccc(OCc2n[nH]c(=S)o2)c(Br)c1. The van der Waals surface area contributed by atoms with Crippen molar-refractivity contribution in [3.8, 4) is 5.75 Å². The largest absolute Gasteiger partial charge is 0.483 e. The molecule has 18 heavy (non-hydrogen) atoms. The zero-order valence-electron chi connectivity index (χ0n) is 9.90. The van der Waals surface area contributed by atoms with E-state index in [0.717, 1.165) is 23.1 Å². The fourth-order valence-electron chi connectivity index (χ4n) is 1.57. The summed E-state index contributed by atoms with van der Waals surface area (Å²) in [5.41, 5.74) is 1.29. The third-order valence-electron chi connectivity index (χ3n) is 2.37. The van der Waals surface area contributed by atoms with Crippen LogP contribution in [-0.2, 0) is 13.0 Å². The molecule has 0 saturated heterocycles. The van der Waals surface area contributed by atoms with Gasteiger partial charge in [0, 0.05) is 0 Å². The second-order valence-corrected chi connectivity index (χ2v) is 5.04. The first kappa shape index (κ1) is 13.3. The Bertz CT molecular complexity index is 579. The van der Waals surface area contributed by atoms with Crippen LogP contribution in [0, 0.1) is 4.84 Å². The Balaban J connectivity index is 2.03. The van der Waals surface area contributed by atoms with Gasteiger partial charge in [-0.1, -0.05) is 19.4 Å². The zero-order chi connectivity index (χ0) is 13.0. The van der Waals surface area contributed by atoms with Gasteiger partial charge in [-0.3, -0.25) is 0 Å². The normalized spacial score (nSPS) is 10.6. The molecule has 0 aliphatic rings. The fourth-order valence-corrected chi connectivity index (χ4v) is 2.25. The number of hydrogen-bond acceptors (Lipinski definition) is 4. The highest BCUT2D eigenvalue weighted by Gasteiger charge is 2.05. The van der Waals surface area contributed by atoms with Crippen molar-refractivity contribution in [3.05, 3.63) is 39.0 Å². The number of nitrogens with one attached hydrogen (secondary N) is 1. The summed E-state index contributed by atoms with van der Waals surface area (Å²) in [5.74, 6) is 1.20. The van der Waals surface area contributed by atoms with E-state index in [-0.39, 0.29) is 11.4 Å². The Kier molecular flexibility index (Phi) is 4.54. The molecule has 0 spiro atoms. The lowest BCUT2D eigenvalue weighted by Crippen LogP contribution is -1.97. The van der Waals surface area contributed by atoms with Crippen LogP contribution in [0.1, 0.15) is 24.8 Å². The van der Waals surface area contributed by atoms with Gasteiger partial charge in [-0.15, -0.1) is 5.10 Å². The zero-order valence-corrected chi connectivity index (χ0v) is 12.3. The van der Waals surface area contributed by atoms with Crippen molar-refractivity contribution in [3.63, 3.8) is 0 Å². The van der Waals surface area contributed by atoms with Crippen molar-refractivity contribution >= 4 is 28.1 Å². The average Bonchev–Trinajstić information content (AvgIpc) is 2.74. The molecular weight excluding hydrogens is 316 g/mol. The second kappa shape index (κ2) is 6.15. The van der Waals surface area contributed by atoms with E-state index in [0.29, 0.717) is 5.89 Å². The van der Waals surface area contributed by atoms with E-state index in [1.54, 1.807) is 0 Å². The van der Waals surface area contributed by atoms with E-state index in [1.165, 1.54) is 5.56 Å². The molecule has 0 amide bonds. The summed E-state index contributed by atoms with van der Waals surface area (Å²) in [7, 11) is 0. The Morgan fingerprint density at radius 1 is 1.50 bits per heavy atom. The summed E-state index contributed by atoms with van der Waals surface area (Å²) in [6, 6.07) is 6.07. The quantitative estimate of drug-likeness (QED) is 0.842. The van der Waals surface area contributed by atoms with Gasteiger partial charge in [-0.05, 0) is 52.3 Å². The number of ether oxygens (including phenoxy) is 1. The molecule has 1 heterocycles. The number of benzene rings is 1. The first-order chi connectivity index (χ1) is 8.69. The lowest BCUT2D eigenvalue weighted by atomic mass is 10.1. The smallest absolute Gasteiger partial charge is 0.284 e. The fraction of sp³-hybridized carbons (Fsp3) is 0.333. The van der Waals surface area contributed by atoms with Gasteiger partial charge < -0.3 is 9.15 Å². The van der Waals surface area contributed by atoms with E-state index >= 15 is 0 Å². The number of rotatable bonds is 5. The van der Waals surface area contributed by atoms with Crippen LogP contribution in [0.4, 0.5) is 0 Å². The molecule has 0 fully saturated rings. The number of halogens is 1. The Hall–Kier alpha value is -1.14. The molecule has 0 bridgehead atoms. The van der Waals surface area contributed by atoms with Crippen LogP contribution in [0.15, 0.2) is 27.1 Å². The van der Waals surface area contributed by atoms with Gasteiger partial charge in [-0.2, -0.15) is 0 Å². The molecule has 2 rings (SSSR count). The van der Waals surface area contributed by atoms with Crippen LogP contribution < -0.4 is 4.74 Å². The van der Waals surface area contributed by atoms with Gasteiger partial charge in [0.05, 0.1) is 4.47 Å². The summed E-state index contributed by atoms with van der Waals surface area (Å²) in [4.78, 5) is 0.256. The van der Waals surface area contributed by atoms with Crippen LogP contribution in [0.2, 0.25) is 0 Å². The molecule has 0 radical (unpaired) electrons. The highest BCUT2D eigenvalue weighted by atomic mass is 79.9. The van der Waals surface area contributed by atoms with E-state index in [1.807, 2.05) is 6.07 Å². The maximum atomic E-state index is 5.60. The molecule has 6 heteroatoms. The average molecular weight is 329 g/mol. The molecule has 1 aromatic carbocycles. The number of nitrogens with zero attached hydrogens (tertiary/aromatic N) is 1. The summed E-state index contributed by atoms with van der Waals surface area (Å²) < 4.78 is 11.6. The van der Waals surface area contributed by atoms with Crippen LogP contribution in [0.3, 0.4) is 0 Å². The predicted molar refractivity (Wildman–Crippen MR) is 74.2 cm³/mol. The van der Waals surface area contributed by atoms with Crippen molar-refractivity contribution in [2.75, 3.05) is 0 Å². The minimum Gasteiger partial charge on any atom is -0.483 e. The molecule has 2 aromatic rings. The molecule has 0 aliphatic carbocycles. The molecule has 0 atom stereocenters. The summed E-state index contributed by atoms with van der Waals surface area (Å²) in [6.45, 7) is 2.41. The first-order valence-corrected chi connectivity index (χ1v) is 6.84. The lowest BCUT2D eigenvalue weighted by molar-refractivity contribution is 0.260. The molecule has 4 nitrogen and oxygen atoms in total. The van der Waals surface area contributed by atoms with Gasteiger partial charge in [0.15, 0.2) is 6.61 Å². The number of hydrogen-bond donors (Lipinski definition) is 1. The highest BCUT2D eigenvalue weighted by molar-refractivity contribution is 9.10. The van der Waals surface area contributed by atoms with E-state index in [2.05, 4.69) is 45.2 Å². The van der Waals surface area contributed by atoms with Crippen LogP contribution in [-0.4, -0.2) is 10.2 Å². The number of aryl methyl sites for hydroxylation is 1. The topological polar surface area (TPSA) is 51.0 Å². The van der Waals surface area contributed by atoms with Crippen LogP contribution in [0.5, 0.6) is 5.75 Å². The van der Waals surface area contributed by atoms with Gasteiger partial charge >= 0.3 is 0 Å². The number of aromatic amines is 1. The summed E-state index contributed by atoms with van der Waals surface area (Å²) >= 11 is 8.28. The number of H-pyrrole nitrogens is 1. The van der Waals surface area contributed by atoms with Crippen molar-refractivity contribution in [2.45, 2.75) is 26.4 Å². The second-order valence-electron chi connectivity index (χ2n) is 3.81. The molecule has 1 N–H and O–H groups in total. The molecule has 0 aliphatic heterocycles. The molecule has 96 valence electrons. The van der Waals surface area contributed by atoms with Crippen molar-refractivity contribution < 1.29 is 9.15 Å². The standard InChI is InChI=1S/C12H13BrN2O2S/c1-2-3-8-4-5-10(9(13)6-8)16-7-11-14-15-12(18)17-11/h4-6H,2-3,7H2,1H3,(H,15,18). The van der Waals surface area contributed by atoms with Crippen molar-refractivity contribution in [1.82, 2.24) is 10.2 Å². The predicted octanol–water partition coefficient (Wildman–Crippen LogP) is 4.03. The molecule has 0 unspecified atom stereocenters. The molecule has 1 aromatic heterocycles. The van der Waals surface area contributed by atoms with Crippen molar-refractivity contribution in [1.29, 1.82) is 0 Å². The van der Waals surface area contributed by atoms with E-state index in [4.69, 9.17) is 21.4 Å². The third-order valence-corrected chi connectivity index (χ3v) is 3.16. The summed E-state index contributed by atoms with van der Waals surface area (Å²) in [6.07, 6.45) is 2.19. The maximum absolute atomic E-state index is 5.60. The van der Waals surface area contributed by atoms with Gasteiger partial charge in [-0.25, -0.2) is 5.10 Å². The minimum absolute atomic E-state index is 0.249. The summed E-state index contributed by atoms with van der Waals surface area (Å²) in [5, 5.41) is 6.42. The van der Waals surface area contributed by atoms with Gasteiger partial charge in [0.2, 0.25) is 0 Å². The van der Waals surface area contributed by atoms with Crippen LogP contribution >= 0.6 is 28.1 Å². The first-order valence-electron chi connectivity index (χ1n) is 5.64. The maximum Gasteiger partial charge on any atom is 0.284 e. The van der Waals surface area contributed by atoms with Gasteiger partial charge in [0.1, 0.15) is 5.75 Å². The lowest BCUT2D eigenvalue weighted by Gasteiger charge is -2.07. The van der Waals surface area contributed by atoms with Crippen LogP contribution in [0.25, 0.3) is 0 Å². The Morgan fingerprint density at radius 2 is 2.33 bits per heavy atom. The van der Waals surface area contributed by atoms with E-state index < -0.39 is 0 Å². The Morgan fingerprint density at radius 3 is 2.94 bits per heavy atom.